The smallest absolute Gasteiger partial charge is 0.407 e. The summed E-state index contributed by atoms with van der Waals surface area (Å²) in [6, 6.07) is 0.322. The van der Waals surface area contributed by atoms with Crippen LogP contribution in [0.15, 0.2) is 11.6 Å². The van der Waals surface area contributed by atoms with Gasteiger partial charge in [0.1, 0.15) is 5.60 Å². The van der Waals surface area contributed by atoms with Crippen LogP contribution in [0.1, 0.15) is 59.8 Å². The molecule has 0 aromatic carbocycles. The van der Waals surface area contributed by atoms with Gasteiger partial charge in [-0.1, -0.05) is 18.6 Å². The molecule has 0 unspecified atom stereocenters. The van der Waals surface area contributed by atoms with Crippen molar-refractivity contribution in [1.82, 2.24) is 5.32 Å². The lowest BCUT2D eigenvalue weighted by Crippen LogP contribution is -2.54. The average Bonchev–Trinajstić information content (AvgIpc) is 2.07. The molecule has 1 N–H and O–H groups in total. The first-order valence-corrected chi connectivity index (χ1v) is 6.99. The molecule has 3 nitrogen and oxygen atoms in total. The fraction of sp³-hybridized carbons (Fsp3) is 0.800. The van der Waals surface area contributed by atoms with Gasteiger partial charge in [-0.3, -0.25) is 0 Å². The second-order valence-corrected chi connectivity index (χ2v) is 6.88. The van der Waals surface area contributed by atoms with Crippen molar-refractivity contribution in [2.45, 2.75) is 71.4 Å². The Bertz CT molecular complexity index is 349. The number of ether oxygens (including phenoxy) is 1. The Balaban J connectivity index is 1.68. The van der Waals surface area contributed by atoms with Gasteiger partial charge >= 0.3 is 6.09 Å². The number of hydrogen-bond donors (Lipinski definition) is 1. The fourth-order valence-electron chi connectivity index (χ4n) is 3.20. The number of carbonyl (C=O) groups is 1. The van der Waals surface area contributed by atoms with Crippen LogP contribution in [0.3, 0.4) is 0 Å². The highest BCUT2D eigenvalue weighted by Gasteiger charge is 2.50. The van der Waals surface area contributed by atoms with Gasteiger partial charge in [0.15, 0.2) is 0 Å². The minimum absolute atomic E-state index is 0.272. The Morgan fingerprint density at radius 2 is 2.06 bits per heavy atom. The molecule has 0 aliphatic heterocycles. The van der Waals surface area contributed by atoms with E-state index in [4.69, 9.17) is 4.74 Å². The summed E-state index contributed by atoms with van der Waals surface area (Å²) in [5.41, 5.74) is 1.72. The maximum Gasteiger partial charge on any atom is 0.407 e. The van der Waals surface area contributed by atoms with E-state index < -0.39 is 5.60 Å². The van der Waals surface area contributed by atoms with Crippen molar-refractivity contribution in [1.29, 1.82) is 0 Å². The molecule has 18 heavy (non-hydrogen) atoms. The number of nitrogens with one attached hydrogen (secondary N) is 1. The lowest BCUT2D eigenvalue weighted by molar-refractivity contribution is 0.0167. The third-order valence-electron chi connectivity index (χ3n) is 3.78. The summed E-state index contributed by atoms with van der Waals surface area (Å²) < 4.78 is 5.26. The first-order chi connectivity index (χ1) is 8.32. The zero-order valence-electron chi connectivity index (χ0n) is 12.0. The molecule has 2 aliphatic carbocycles. The predicted molar refractivity (Wildman–Crippen MR) is 72.4 cm³/mol. The van der Waals surface area contributed by atoms with Gasteiger partial charge in [0.2, 0.25) is 0 Å². The molecule has 3 heteroatoms. The largest absolute Gasteiger partial charge is 0.444 e. The minimum atomic E-state index is -0.404. The van der Waals surface area contributed by atoms with E-state index in [-0.39, 0.29) is 6.09 Å². The molecule has 0 bridgehead atoms. The van der Waals surface area contributed by atoms with Crippen LogP contribution in [0.2, 0.25) is 0 Å². The Labute approximate surface area is 110 Å². The van der Waals surface area contributed by atoms with Crippen LogP contribution in [0.5, 0.6) is 0 Å². The molecular weight excluding hydrogens is 226 g/mol. The molecule has 1 spiro atoms. The molecule has 2 rings (SSSR count). The third kappa shape index (κ3) is 3.06. The summed E-state index contributed by atoms with van der Waals surface area (Å²) in [5.74, 6) is 0. The van der Waals surface area contributed by atoms with E-state index in [0.29, 0.717) is 11.5 Å². The van der Waals surface area contributed by atoms with Crippen LogP contribution in [0, 0.1) is 5.41 Å². The molecule has 0 radical (unpaired) electrons. The number of allylic oxidation sites excluding steroid dienone is 2. The van der Waals surface area contributed by atoms with Crippen molar-refractivity contribution in [3.63, 3.8) is 0 Å². The van der Waals surface area contributed by atoms with Crippen LogP contribution in [-0.2, 0) is 4.74 Å². The topological polar surface area (TPSA) is 38.3 Å². The van der Waals surface area contributed by atoms with E-state index in [1.807, 2.05) is 20.8 Å². The monoisotopic (exact) mass is 251 g/mol. The van der Waals surface area contributed by atoms with E-state index in [1.165, 1.54) is 12.8 Å². The van der Waals surface area contributed by atoms with E-state index >= 15 is 0 Å². The summed E-state index contributed by atoms with van der Waals surface area (Å²) in [4.78, 5) is 11.6. The number of rotatable bonds is 2. The maximum atomic E-state index is 11.6. The molecule has 0 aromatic rings. The molecular formula is C15H25NO2. The van der Waals surface area contributed by atoms with Crippen LogP contribution in [0.25, 0.3) is 0 Å². The highest BCUT2D eigenvalue weighted by molar-refractivity contribution is 5.68. The lowest BCUT2D eigenvalue weighted by atomic mass is 9.52. The van der Waals surface area contributed by atoms with E-state index in [2.05, 4.69) is 18.3 Å². The van der Waals surface area contributed by atoms with Gasteiger partial charge in [-0.15, -0.1) is 0 Å². The molecule has 2 saturated carbocycles. The highest BCUT2D eigenvalue weighted by atomic mass is 16.6. The molecule has 0 aromatic heterocycles. The van der Waals surface area contributed by atoms with Gasteiger partial charge in [-0.05, 0) is 58.3 Å². The first kappa shape index (κ1) is 13.4. The average molecular weight is 251 g/mol. The number of carbonyl (C=O) groups excluding carboxylic acids is 1. The van der Waals surface area contributed by atoms with Gasteiger partial charge in [-0.2, -0.15) is 0 Å². The van der Waals surface area contributed by atoms with Gasteiger partial charge < -0.3 is 10.1 Å². The number of hydrogen-bond acceptors (Lipinski definition) is 2. The molecule has 2 fully saturated rings. The quantitative estimate of drug-likeness (QED) is 0.758. The zero-order valence-corrected chi connectivity index (χ0v) is 12.0. The number of amides is 1. The van der Waals surface area contributed by atoms with E-state index in [1.54, 1.807) is 5.57 Å². The van der Waals surface area contributed by atoms with E-state index in [9.17, 15) is 4.79 Å². The zero-order chi connectivity index (χ0) is 13.4. The van der Waals surface area contributed by atoms with Crippen molar-refractivity contribution < 1.29 is 9.53 Å². The molecule has 0 saturated heterocycles. The van der Waals surface area contributed by atoms with Crippen LogP contribution in [-0.4, -0.2) is 17.7 Å². The Morgan fingerprint density at radius 3 is 2.56 bits per heavy atom. The first-order valence-electron chi connectivity index (χ1n) is 6.99. The molecule has 102 valence electrons. The SMILES string of the molecule is CCC=C1CC2(C1)CC(NC(=O)OC(C)(C)C)C2. The van der Waals surface area contributed by atoms with Crippen molar-refractivity contribution in [3.05, 3.63) is 11.6 Å². The van der Waals surface area contributed by atoms with Crippen molar-refractivity contribution in [3.8, 4) is 0 Å². The predicted octanol–water partition coefficient (Wildman–Crippen LogP) is 3.79. The summed E-state index contributed by atoms with van der Waals surface area (Å²) in [7, 11) is 0. The summed E-state index contributed by atoms with van der Waals surface area (Å²) in [6.07, 6.45) is 7.94. The van der Waals surface area contributed by atoms with E-state index in [0.717, 1.165) is 19.3 Å². The fourth-order valence-corrected chi connectivity index (χ4v) is 3.20. The normalized spacial score (nSPS) is 30.4. The van der Waals surface area contributed by atoms with Gasteiger partial charge in [0, 0.05) is 6.04 Å². The second-order valence-electron chi connectivity index (χ2n) is 6.88. The van der Waals surface area contributed by atoms with Crippen molar-refractivity contribution in [2.75, 3.05) is 0 Å². The second kappa shape index (κ2) is 4.60. The van der Waals surface area contributed by atoms with Crippen molar-refractivity contribution >= 4 is 6.09 Å². The summed E-state index contributed by atoms with van der Waals surface area (Å²) in [5, 5.41) is 2.96. The van der Waals surface area contributed by atoms with Crippen molar-refractivity contribution in [2.24, 2.45) is 5.41 Å². The van der Waals surface area contributed by atoms with Crippen LogP contribution in [0.4, 0.5) is 4.79 Å². The van der Waals surface area contributed by atoms with Crippen LogP contribution < -0.4 is 5.32 Å². The Hall–Kier alpha value is -0.990. The summed E-state index contributed by atoms with van der Waals surface area (Å²) in [6.45, 7) is 7.86. The highest BCUT2D eigenvalue weighted by Crippen LogP contribution is 2.58. The van der Waals surface area contributed by atoms with Crippen LogP contribution >= 0.6 is 0 Å². The number of alkyl carbamates (subject to hydrolysis) is 1. The molecule has 0 heterocycles. The molecule has 0 atom stereocenters. The Kier molecular flexibility index (Phi) is 3.43. The standard InChI is InChI=1S/C15H25NO2/c1-5-6-11-7-15(8-11)9-12(10-15)16-13(17)18-14(2,3)4/h6,12H,5,7-10H2,1-4H3,(H,16,17). The molecule has 1 amide bonds. The summed E-state index contributed by atoms with van der Waals surface area (Å²) >= 11 is 0. The minimum Gasteiger partial charge on any atom is -0.444 e. The lowest BCUT2D eigenvalue weighted by Gasteiger charge is -2.55. The Morgan fingerprint density at radius 1 is 1.44 bits per heavy atom. The third-order valence-corrected chi connectivity index (χ3v) is 3.78. The molecule has 2 aliphatic rings. The van der Waals surface area contributed by atoms with Gasteiger partial charge in [0.25, 0.3) is 0 Å². The van der Waals surface area contributed by atoms with Gasteiger partial charge in [0.05, 0.1) is 0 Å². The van der Waals surface area contributed by atoms with Gasteiger partial charge in [-0.25, -0.2) is 4.79 Å². The maximum absolute atomic E-state index is 11.6.